The second-order valence-corrected chi connectivity index (χ2v) is 17.0. The maximum atomic E-state index is 10.6. The van der Waals surface area contributed by atoms with E-state index in [0.29, 0.717) is 23.0 Å². The summed E-state index contributed by atoms with van der Waals surface area (Å²) in [5.74, 6) is 1.74. The van der Waals surface area contributed by atoms with Crippen molar-refractivity contribution in [1.82, 2.24) is 15.0 Å². The highest BCUT2D eigenvalue weighted by Gasteiger charge is 2.19. The molecule has 0 aliphatic heterocycles. The number of benzene rings is 11. The summed E-state index contributed by atoms with van der Waals surface area (Å²) >= 11 is 0. The highest BCUT2D eigenvalue weighted by Crippen LogP contribution is 2.41. The Hall–Kier alpha value is -9.30. The maximum Gasteiger partial charge on any atom is 0.164 e. The Morgan fingerprint density at radius 1 is 0.265 bits per heavy atom. The molecular formula is C64H40N4. The molecule has 316 valence electrons. The van der Waals surface area contributed by atoms with Gasteiger partial charge in [-0.05, 0) is 107 Å². The fourth-order valence-electron chi connectivity index (χ4n) is 9.73. The van der Waals surface area contributed by atoms with Gasteiger partial charge < -0.3 is 0 Å². The molecule has 0 fully saturated rings. The second-order valence-electron chi connectivity index (χ2n) is 17.0. The zero-order chi connectivity index (χ0) is 45.4. The van der Waals surface area contributed by atoms with Crippen molar-refractivity contribution >= 4 is 32.3 Å². The van der Waals surface area contributed by atoms with Crippen LogP contribution in [-0.2, 0) is 0 Å². The molecule has 1 aromatic heterocycles. The summed E-state index contributed by atoms with van der Waals surface area (Å²) in [6, 6.07) is 87.0. The molecule has 4 nitrogen and oxygen atoms in total. The first-order chi connectivity index (χ1) is 33.7. The molecule has 0 unspecified atom stereocenters. The van der Waals surface area contributed by atoms with Gasteiger partial charge >= 0.3 is 0 Å². The van der Waals surface area contributed by atoms with Crippen LogP contribution in [0.5, 0.6) is 0 Å². The normalized spacial score (nSPS) is 11.2. The van der Waals surface area contributed by atoms with Crippen LogP contribution in [0, 0.1) is 11.3 Å². The molecule has 0 aliphatic rings. The van der Waals surface area contributed by atoms with Gasteiger partial charge in [-0.1, -0.05) is 218 Å². The first kappa shape index (κ1) is 40.2. The molecule has 12 rings (SSSR count). The van der Waals surface area contributed by atoms with Crippen LogP contribution in [0.4, 0.5) is 0 Å². The minimum Gasteiger partial charge on any atom is -0.208 e. The molecule has 0 saturated carbocycles. The third kappa shape index (κ3) is 7.35. The number of nitrogens with zero attached hydrogens (tertiary/aromatic N) is 4. The summed E-state index contributed by atoms with van der Waals surface area (Å²) in [6.45, 7) is 0. The van der Waals surface area contributed by atoms with Crippen molar-refractivity contribution in [3.8, 4) is 95.9 Å². The van der Waals surface area contributed by atoms with Crippen LogP contribution >= 0.6 is 0 Å². The third-order valence-corrected chi connectivity index (χ3v) is 13.0. The Morgan fingerprint density at radius 3 is 1.56 bits per heavy atom. The number of hydrogen-bond acceptors (Lipinski definition) is 4. The van der Waals surface area contributed by atoms with E-state index in [1.807, 2.05) is 60.7 Å². The highest BCUT2D eigenvalue weighted by molar-refractivity contribution is 6.14. The van der Waals surface area contributed by atoms with E-state index in [0.717, 1.165) is 66.6 Å². The van der Waals surface area contributed by atoms with Gasteiger partial charge in [-0.2, -0.15) is 5.26 Å². The molecule has 12 aromatic rings. The van der Waals surface area contributed by atoms with Gasteiger partial charge in [0.05, 0.1) is 11.6 Å². The molecule has 0 atom stereocenters. The van der Waals surface area contributed by atoms with Gasteiger partial charge in [0, 0.05) is 22.3 Å². The maximum absolute atomic E-state index is 10.6. The van der Waals surface area contributed by atoms with E-state index in [4.69, 9.17) is 15.0 Å². The zero-order valence-electron chi connectivity index (χ0n) is 36.9. The number of fused-ring (bicyclic) bond motifs is 4. The lowest BCUT2D eigenvalue weighted by atomic mass is 9.89. The van der Waals surface area contributed by atoms with Crippen LogP contribution in [0.2, 0.25) is 0 Å². The summed E-state index contributed by atoms with van der Waals surface area (Å²) in [5.41, 5.74) is 13.8. The summed E-state index contributed by atoms with van der Waals surface area (Å²) in [5, 5.41) is 17.9. The fourth-order valence-corrected chi connectivity index (χ4v) is 9.73. The van der Waals surface area contributed by atoms with Gasteiger partial charge in [-0.15, -0.1) is 0 Å². The van der Waals surface area contributed by atoms with E-state index in [9.17, 15) is 5.26 Å². The molecule has 0 saturated heterocycles. The average Bonchev–Trinajstić information content (AvgIpc) is 3.42. The number of nitriles is 1. The topological polar surface area (TPSA) is 62.5 Å². The first-order valence-electron chi connectivity index (χ1n) is 22.8. The number of rotatable bonds is 8. The Morgan fingerprint density at radius 2 is 0.765 bits per heavy atom. The molecule has 0 spiro atoms. The number of aromatic nitrogens is 3. The molecule has 0 radical (unpaired) electrons. The Balaban J connectivity index is 0.930. The monoisotopic (exact) mass is 864 g/mol. The van der Waals surface area contributed by atoms with E-state index in [-0.39, 0.29) is 0 Å². The van der Waals surface area contributed by atoms with Crippen molar-refractivity contribution in [2.45, 2.75) is 0 Å². The number of hydrogen-bond donors (Lipinski definition) is 0. The van der Waals surface area contributed by atoms with Crippen LogP contribution < -0.4 is 0 Å². The minimum atomic E-state index is 0.560. The van der Waals surface area contributed by atoms with Gasteiger partial charge in [0.1, 0.15) is 0 Å². The van der Waals surface area contributed by atoms with Gasteiger partial charge in [0.15, 0.2) is 17.5 Å². The Bertz CT molecular complexity index is 3920. The van der Waals surface area contributed by atoms with Crippen molar-refractivity contribution in [3.63, 3.8) is 0 Å². The van der Waals surface area contributed by atoms with Crippen LogP contribution in [0.15, 0.2) is 243 Å². The second kappa shape index (κ2) is 17.2. The van der Waals surface area contributed by atoms with Crippen LogP contribution in [0.1, 0.15) is 5.56 Å². The van der Waals surface area contributed by atoms with Gasteiger partial charge in [0.2, 0.25) is 0 Å². The lowest BCUT2D eigenvalue weighted by Gasteiger charge is -2.15. The van der Waals surface area contributed by atoms with Crippen LogP contribution in [0.3, 0.4) is 0 Å². The van der Waals surface area contributed by atoms with Gasteiger partial charge in [-0.25, -0.2) is 15.0 Å². The molecule has 11 aromatic carbocycles. The highest BCUT2D eigenvalue weighted by atomic mass is 15.0. The van der Waals surface area contributed by atoms with Gasteiger partial charge in [0.25, 0.3) is 0 Å². The lowest BCUT2D eigenvalue weighted by molar-refractivity contribution is 1.07. The molecule has 0 bridgehead atoms. The van der Waals surface area contributed by atoms with E-state index in [2.05, 4.69) is 188 Å². The van der Waals surface area contributed by atoms with Crippen molar-refractivity contribution in [2.24, 2.45) is 0 Å². The molecule has 68 heavy (non-hydrogen) atoms. The predicted molar refractivity (Wildman–Crippen MR) is 281 cm³/mol. The van der Waals surface area contributed by atoms with Crippen molar-refractivity contribution in [2.75, 3.05) is 0 Å². The van der Waals surface area contributed by atoms with Gasteiger partial charge in [-0.3, -0.25) is 0 Å². The Kier molecular flexibility index (Phi) is 10.2. The largest absolute Gasteiger partial charge is 0.208 e. The Labute approximate surface area is 394 Å². The zero-order valence-corrected chi connectivity index (χ0v) is 36.9. The molecule has 1 heterocycles. The SMILES string of the molecule is N#Cc1cccc(-c2cccc(-c3nc(-c4ccccc4)nc(-c4ccccc4-c4cccc5ccccc45)n3)c2)c1-c1ccc(-c2cccc(-c3cc4ccccc4c4ccccc34)c2)cc1. The van der Waals surface area contributed by atoms with Crippen molar-refractivity contribution < 1.29 is 0 Å². The van der Waals surface area contributed by atoms with E-state index in [1.54, 1.807) is 0 Å². The molecule has 4 heteroatoms. The molecule has 0 N–H and O–H groups in total. The quantitative estimate of drug-likeness (QED) is 0.143. The average molecular weight is 865 g/mol. The summed E-state index contributed by atoms with van der Waals surface area (Å²) in [6.07, 6.45) is 0. The van der Waals surface area contributed by atoms with Crippen LogP contribution in [0.25, 0.3) is 122 Å². The summed E-state index contributed by atoms with van der Waals surface area (Å²) in [7, 11) is 0. The van der Waals surface area contributed by atoms with Crippen molar-refractivity contribution in [3.05, 3.63) is 248 Å². The standard InChI is InChI=1S/C64H40N4/c65-41-51-25-15-32-54(61(51)44-36-34-42(35-37-44)46-21-12-23-48(38-46)60-40-49-19-5-7-27-53(49)55-28-8-9-30-58(55)60)47-22-13-24-50(39-47)63-66-62(45-17-2-1-3-18-45)67-64(68-63)59-31-11-10-29-57(59)56-33-14-20-43-16-4-6-26-52(43)56/h1-40H. The molecule has 0 amide bonds. The summed E-state index contributed by atoms with van der Waals surface area (Å²) in [4.78, 5) is 15.5. The lowest BCUT2D eigenvalue weighted by Crippen LogP contribution is -2.01. The third-order valence-electron chi connectivity index (χ3n) is 13.0. The molecule has 0 aliphatic carbocycles. The van der Waals surface area contributed by atoms with E-state index in [1.165, 1.54) is 38.1 Å². The summed E-state index contributed by atoms with van der Waals surface area (Å²) < 4.78 is 0. The fraction of sp³-hybridized carbons (Fsp3) is 0. The minimum absolute atomic E-state index is 0.560. The predicted octanol–water partition coefficient (Wildman–Crippen LogP) is 16.5. The van der Waals surface area contributed by atoms with Crippen molar-refractivity contribution in [1.29, 1.82) is 5.26 Å². The van der Waals surface area contributed by atoms with Crippen LogP contribution in [-0.4, -0.2) is 15.0 Å². The smallest absolute Gasteiger partial charge is 0.164 e. The van der Waals surface area contributed by atoms with E-state index < -0.39 is 0 Å². The van der Waals surface area contributed by atoms with E-state index >= 15 is 0 Å². The first-order valence-corrected chi connectivity index (χ1v) is 22.8. The molecular weight excluding hydrogens is 825 g/mol.